The molecule has 3 atom stereocenters. The van der Waals surface area contributed by atoms with Gasteiger partial charge in [-0.1, -0.05) is 13.3 Å². The maximum Gasteiger partial charge on any atom is 0.135 e. The van der Waals surface area contributed by atoms with Crippen molar-refractivity contribution >= 4 is 5.78 Å². The van der Waals surface area contributed by atoms with Gasteiger partial charge in [0.1, 0.15) is 5.78 Å². The van der Waals surface area contributed by atoms with E-state index in [4.69, 9.17) is 9.47 Å². The zero-order chi connectivity index (χ0) is 10.7. The monoisotopic (exact) mass is 212 g/mol. The third-order valence-electron chi connectivity index (χ3n) is 3.53. The standard InChI is InChI=1S/C12H20O3/c1-2-9-3-4-10(13)7-12(9)15-11-5-6-14-8-11/h9,11-12H,2-8H2,1H3. The molecule has 0 spiro atoms. The normalized spacial score (nSPS) is 37.1. The number of carbonyl (C=O) groups is 1. The van der Waals surface area contributed by atoms with E-state index >= 15 is 0 Å². The van der Waals surface area contributed by atoms with Gasteiger partial charge < -0.3 is 9.47 Å². The minimum atomic E-state index is 0.156. The molecule has 2 aliphatic rings. The quantitative estimate of drug-likeness (QED) is 0.717. The SMILES string of the molecule is CCC1CCC(=O)CC1OC1CCOC1. The van der Waals surface area contributed by atoms with Gasteiger partial charge in [0.15, 0.2) is 0 Å². The van der Waals surface area contributed by atoms with Crippen LogP contribution in [-0.2, 0) is 14.3 Å². The van der Waals surface area contributed by atoms with Gasteiger partial charge >= 0.3 is 0 Å². The van der Waals surface area contributed by atoms with E-state index in [1.807, 2.05) is 0 Å². The number of Topliss-reactive ketones (excluding diaryl/α,β-unsaturated/α-hetero) is 1. The molecular formula is C12H20O3. The smallest absolute Gasteiger partial charge is 0.135 e. The molecule has 0 N–H and O–H groups in total. The van der Waals surface area contributed by atoms with Gasteiger partial charge in [0.2, 0.25) is 0 Å². The van der Waals surface area contributed by atoms with E-state index in [2.05, 4.69) is 6.92 Å². The van der Waals surface area contributed by atoms with Crippen LogP contribution in [0.15, 0.2) is 0 Å². The summed E-state index contributed by atoms with van der Waals surface area (Å²) in [7, 11) is 0. The fourth-order valence-electron chi connectivity index (χ4n) is 2.52. The molecule has 1 saturated heterocycles. The highest BCUT2D eigenvalue weighted by Crippen LogP contribution is 2.29. The van der Waals surface area contributed by atoms with Crippen molar-refractivity contribution in [1.29, 1.82) is 0 Å². The third-order valence-corrected chi connectivity index (χ3v) is 3.53. The number of hydrogen-bond acceptors (Lipinski definition) is 3. The molecule has 2 rings (SSSR count). The van der Waals surface area contributed by atoms with Crippen LogP contribution in [-0.4, -0.2) is 31.2 Å². The van der Waals surface area contributed by atoms with Crippen LogP contribution in [0.2, 0.25) is 0 Å². The lowest BCUT2D eigenvalue weighted by molar-refractivity contribution is -0.130. The molecule has 3 heteroatoms. The molecule has 0 aromatic rings. The molecule has 15 heavy (non-hydrogen) atoms. The van der Waals surface area contributed by atoms with Crippen LogP contribution in [0.3, 0.4) is 0 Å². The molecule has 0 aromatic heterocycles. The zero-order valence-corrected chi connectivity index (χ0v) is 9.41. The molecule has 2 fully saturated rings. The highest BCUT2D eigenvalue weighted by Gasteiger charge is 2.31. The summed E-state index contributed by atoms with van der Waals surface area (Å²) in [6, 6.07) is 0. The van der Waals surface area contributed by atoms with Crippen LogP contribution >= 0.6 is 0 Å². The summed E-state index contributed by atoms with van der Waals surface area (Å²) in [5.41, 5.74) is 0. The lowest BCUT2D eigenvalue weighted by Gasteiger charge is -2.31. The number of carbonyl (C=O) groups excluding carboxylic acids is 1. The molecule has 1 heterocycles. The van der Waals surface area contributed by atoms with Gasteiger partial charge in [0, 0.05) is 19.4 Å². The Hall–Kier alpha value is -0.410. The third kappa shape index (κ3) is 2.79. The summed E-state index contributed by atoms with van der Waals surface area (Å²) in [5, 5.41) is 0. The second-order valence-corrected chi connectivity index (χ2v) is 4.61. The first-order valence-electron chi connectivity index (χ1n) is 6.04. The van der Waals surface area contributed by atoms with Gasteiger partial charge in [-0.2, -0.15) is 0 Å². The molecule has 1 aliphatic carbocycles. The number of rotatable bonds is 3. The average molecular weight is 212 g/mol. The van der Waals surface area contributed by atoms with Crippen LogP contribution < -0.4 is 0 Å². The Balaban J connectivity index is 1.88. The summed E-state index contributed by atoms with van der Waals surface area (Å²) in [6.07, 6.45) is 4.87. The van der Waals surface area contributed by atoms with E-state index in [0.29, 0.717) is 24.7 Å². The molecular weight excluding hydrogens is 192 g/mol. The lowest BCUT2D eigenvalue weighted by Crippen LogP contribution is -2.35. The highest BCUT2D eigenvalue weighted by molar-refractivity contribution is 5.79. The van der Waals surface area contributed by atoms with Gasteiger partial charge in [-0.05, 0) is 18.8 Å². The Morgan fingerprint density at radius 3 is 3.00 bits per heavy atom. The lowest BCUT2D eigenvalue weighted by atomic mass is 9.84. The minimum absolute atomic E-state index is 0.156. The van der Waals surface area contributed by atoms with Crippen molar-refractivity contribution in [3.8, 4) is 0 Å². The van der Waals surface area contributed by atoms with Gasteiger partial charge in [-0.25, -0.2) is 0 Å². The number of hydrogen-bond donors (Lipinski definition) is 0. The zero-order valence-electron chi connectivity index (χ0n) is 9.41. The van der Waals surface area contributed by atoms with Crippen molar-refractivity contribution in [2.24, 2.45) is 5.92 Å². The predicted molar refractivity (Wildman–Crippen MR) is 56.7 cm³/mol. The first kappa shape index (κ1) is 11.1. The van der Waals surface area contributed by atoms with E-state index in [9.17, 15) is 4.79 Å². The van der Waals surface area contributed by atoms with E-state index in [0.717, 1.165) is 32.3 Å². The first-order chi connectivity index (χ1) is 7.29. The summed E-state index contributed by atoms with van der Waals surface area (Å²) >= 11 is 0. The molecule has 1 saturated carbocycles. The van der Waals surface area contributed by atoms with Crippen LogP contribution in [0.1, 0.15) is 39.0 Å². The van der Waals surface area contributed by atoms with Crippen molar-refractivity contribution in [1.82, 2.24) is 0 Å². The van der Waals surface area contributed by atoms with Crippen molar-refractivity contribution in [3.63, 3.8) is 0 Å². The Kier molecular flexibility index (Phi) is 3.76. The van der Waals surface area contributed by atoms with E-state index in [-0.39, 0.29) is 12.2 Å². The van der Waals surface area contributed by atoms with Crippen LogP contribution in [0.4, 0.5) is 0 Å². The summed E-state index contributed by atoms with van der Waals surface area (Å²) in [6.45, 7) is 3.70. The number of ketones is 1. The predicted octanol–water partition coefficient (Wildman–Crippen LogP) is 1.94. The van der Waals surface area contributed by atoms with E-state index in [1.165, 1.54) is 0 Å². The molecule has 0 aromatic carbocycles. The molecule has 86 valence electrons. The van der Waals surface area contributed by atoms with Crippen LogP contribution in [0, 0.1) is 5.92 Å². The first-order valence-corrected chi connectivity index (χ1v) is 6.04. The molecule has 3 unspecified atom stereocenters. The Labute approximate surface area is 91.1 Å². The van der Waals surface area contributed by atoms with Crippen LogP contribution in [0.5, 0.6) is 0 Å². The van der Waals surface area contributed by atoms with E-state index in [1.54, 1.807) is 0 Å². The molecule has 0 bridgehead atoms. The van der Waals surface area contributed by atoms with Gasteiger partial charge in [0.25, 0.3) is 0 Å². The summed E-state index contributed by atoms with van der Waals surface area (Å²) in [4.78, 5) is 11.4. The molecule has 3 nitrogen and oxygen atoms in total. The fraction of sp³-hybridized carbons (Fsp3) is 0.917. The molecule has 0 radical (unpaired) electrons. The Morgan fingerprint density at radius 1 is 1.47 bits per heavy atom. The second-order valence-electron chi connectivity index (χ2n) is 4.61. The topological polar surface area (TPSA) is 35.5 Å². The van der Waals surface area contributed by atoms with Gasteiger partial charge in [-0.15, -0.1) is 0 Å². The summed E-state index contributed by atoms with van der Waals surface area (Å²) < 4.78 is 11.3. The minimum Gasteiger partial charge on any atom is -0.379 e. The summed E-state index contributed by atoms with van der Waals surface area (Å²) in [5.74, 6) is 0.937. The Morgan fingerprint density at radius 2 is 2.33 bits per heavy atom. The average Bonchev–Trinajstić information content (AvgIpc) is 2.71. The van der Waals surface area contributed by atoms with Crippen molar-refractivity contribution < 1.29 is 14.3 Å². The maximum atomic E-state index is 11.4. The van der Waals surface area contributed by atoms with Gasteiger partial charge in [-0.3, -0.25) is 4.79 Å². The molecule has 0 amide bonds. The number of ether oxygens (including phenoxy) is 2. The Bertz CT molecular complexity index is 221. The van der Waals surface area contributed by atoms with E-state index < -0.39 is 0 Å². The van der Waals surface area contributed by atoms with Crippen molar-refractivity contribution in [2.45, 2.75) is 51.2 Å². The van der Waals surface area contributed by atoms with Gasteiger partial charge in [0.05, 0.1) is 18.8 Å². The second kappa shape index (κ2) is 5.08. The van der Waals surface area contributed by atoms with Crippen molar-refractivity contribution in [3.05, 3.63) is 0 Å². The maximum absolute atomic E-state index is 11.4. The van der Waals surface area contributed by atoms with Crippen LogP contribution in [0.25, 0.3) is 0 Å². The fourth-order valence-corrected chi connectivity index (χ4v) is 2.52. The largest absolute Gasteiger partial charge is 0.379 e. The highest BCUT2D eigenvalue weighted by atomic mass is 16.6. The van der Waals surface area contributed by atoms with Crippen molar-refractivity contribution in [2.75, 3.05) is 13.2 Å². The molecule has 1 aliphatic heterocycles.